The third-order valence-corrected chi connectivity index (χ3v) is 4.25. The van der Waals surface area contributed by atoms with E-state index < -0.39 is 29.7 Å². The van der Waals surface area contributed by atoms with Crippen molar-refractivity contribution in [2.75, 3.05) is 6.61 Å². The van der Waals surface area contributed by atoms with Crippen LogP contribution in [0.15, 0.2) is 15.8 Å². The van der Waals surface area contributed by atoms with Gasteiger partial charge >= 0.3 is 5.69 Å². The number of hydrogen-bond acceptors (Lipinski definition) is 5. The van der Waals surface area contributed by atoms with Crippen LogP contribution in [0.3, 0.4) is 0 Å². The highest BCUT2D eigenvalue weighted by molar-refractivity contribution is 14.1. The van der Waals surface area contributed by atoms with Gasteiger partial charge in [-0.1, -0.05) is 22.6 Å². The molecular formula is C10H13IN2O5. The van der Waals surface area contributed by atoms with Crippen molar-refractivity contribution in [2.24, 2.45) is 0 Å². The number of aliphatic hydroxyl groups excluding tert-OH is 2. The predicted octanol–water partition coefficient (Wildman–Crippen LogP) is -1.10. The second kappa shape index (κ2) is 5.11. The molecule has 3 N–H and O–H groups in total. The molecular weight excluding hydrogens is 355 g/mol. The maximum atomic E-state index is 11.7. The molecule has 0 bridgehead atoms. The fraction of sp³-hybridized carbons (Fsp3) is 0.600. The van der Waals surface area contributed by atoms with Crippen LogP contribution in [-0.4, -0.2) is 42.5 Å². The third kappa shape index (κ3) is 2.25. The molecule has 100 valence electrons. The van der Waals surface area contributed by atoms with E-state index >= 15 is 0 Å². The van der Waals surface area contributed by atoms with Gasteiger partial charge in [0.15, 0.2) is 6.23 Å². The van der Waals surface area contributed by atoms with Crippen LogP contribution >= 0.6 is 22.6 Å². The van der Waals surface area contributed by atoms with E-state index in [2.05, 4.69) is 4.98 Å². The minimum atomic E-state index is -0.861. The molecule has 2 rings (SSSR count). The van der Waals surface area contributed by atoms with Crippen LogP contribution in [0.2, 0.25) is 0 Å². The van der Waals surface area contributed by atoms with Gasteiger partial charge in [-0.05, 0) is 6.92 Å². The molecule has 0 spiro atoms. The maximum absolute atomic E-state index is 11.7. The Morgan fingerprint density at radius 1 is 1.56 bits per heavy atom. The van der Waals surface area contributed by atoms with Crippen molar-refractivity contribution < 1.29 is 14.9 Å². The van der Waals surface area contributed by atoms with Gasteiger partial charge in [0.1, 0.15) is 6.10 Å². The number of hydrogen-bond donors (Lipinski definition) is 3. The zero-order valence-corrected chi connectivity index (χ0v) is 11.7. The van der Waals surface area contributed by atoms with Gasteiger partial charge in [-0.15, -0.1) is 0 Å². The predicted molar refractivity (Wildman–Crippen MR) is 70.9 cm³/mol. The number of H-pyrrole nitrogens is 1. The molecule has 18 heavy (non-hydrogen) atoms. The van der Waals surface area contributed by atoms with E-state index in [4.69, 9.17) is 9.84 Å². The SMILES string of the molecule is Cc1cn([C@@H]2O[C@H](CO)[C@@H](O)[C@H]2I)c(=O)[nH]c1=O. The lowest BCUT2D eigenvalue weighted by Gasteiger charge is -2.17. The molecule has 2 heterocycles. The van der Waals surface area contributed by atoms with Crippen molar-refractivity contribution in [3.05, 3.63) is 32.6 Å². The van der Waals surface area contributed by atoms with Crippen LogP contribution in [-0.2, 0) is 4.74 Å². The lowest BCUT2D eigenvalue weighted by molar-refractivity contribution is -0.0456. The zero-order valence-electron chi connectivity index (χ0n) is 9.54. The first-order chi connectivity index (χ1) is 8.45. The van der Waals surface area contributed by atoms with Crippen LogP contribution in [0, 0.1) is 6.92 Å². The second-order valence-electron chi connectivity index (χ2n) is 4.16. The van der Waals surface area contributed by atoms with E-state index in [1.54, 1.807) is 6.92 Å². The molecule has 0 aliphatic carbocycles. The summed E-state index contributed by atoms with van der Waals surface area (Å²) in [6.45, 7) is 1.25. The minimum absolute atomic E-state index is 0.325. The topological polar surface area (TPSA) is 105 Å². The van der Waals surface area contributed by atoms with Gasteiger partial charge in [-0.2, -0.15) is 0 Å². The molecule has 1 aromatic rings. The van der Waals surface area contributed by atoms with Crippen molar-refractivity contribution in [1.82, 2.24) is 9.55 Å². The summed E-state index contributed by atoms with van der Waals surface area (Å²) >= 11 is 1.96. The molecule has 1 aromatic heterocycles. The van der Waals surface area contributed by atoms with E-state index in [0.717, 1.165) is 0 Å². The monoisotopic (exact) mass is 368 g/mol. The Morgan fingerprint density at radius 2 is 2.22 bits per heavy atom. The Hall–Kier alpha value is -0.710. The molecule has 0 saturated carbocycles. The third-order valence-electron chi connectivity index (χ3n) is 2.89. The highest BCUT2D eigenvalue weighted by Gasteiger charge is 2.43. The number of nitrogens with one attached hydrogen (secondary N) is 1. The largest absolute Gasteiger partial charge is 0.394 e. The molecule has 0 amide bonds. The van der Waals surface area contributed by atoms with Gasteiger partial charge in [0.2, 0.25) is 0 Å². The number of halogens is 1. The fourth-order valence-corrected chi connectivity index (χ4v) is 2.83. The van der Waals surface area contributed by atoms with Crippen LogP contribution in [0.1, 0.15) is 11.8 Å². The molecule has 1 aliphatic heterocycles. The number of aromatic amines is 1. The highest BCUT2D eigenvalue weighted by atomic mass is 127. The van der Waals surface area contributed by atoms with Gasteiger partial charge in [-0.25, -0.2) is 4.79 Å². The molecule has 0 unspecified atom stereocenters. The number of aryl methyl sites for hydroxylation is 1. The van der Waals surface area contributed by atoms with Crippen molar-refractivity contribution in [2.45, 2.75) is 29.3 Å². The summed E-state index contributed by atoms with van der Waals surface area (Å²) in [7, 11) is 0. The van der Waals surface area contributed by atoms with Crippen LogP contribution in [0.25, 0.3) is 0 Å². The molecule has 0 aromatic carbocycles. The number of aromatic nitrogens is 2. The first kappa shape index (κ1) is 13.7. The number of alkyl halides is 1. The average Bonchev–Trinajstić information content (AvgIpc) is 2.61. The van der Waals surface area contributed by atoms with Crippen LogP contribution < -0.4 is 11.2 Å². The normalized spacial score (nSPS) is 31.8. The van der Waals surface area contributed by atoms with E-state index in [-0.39, 0.29) is 10.5 Å². The van der Waals surface area contributed by atoms with E-state index in [1.807, 2.05) is 22.6 Å². The fourth-order valence-electron chi connectivity index (χ4n) is 1.85. The van der Waals surface area contributed by atoms with Gasteiger partial charge in [0, 0.05) is 11.8 Å². The molecule has 8 heteroatoms. The standard InChI is InChI=1S/C10H13IN2O5/c1-4-2-13(10(17)12-8(4)16)9-6(11)7(15)5(3-14)18-9/h2,5-7,9,14-15H,3H2,1H3,(H,12,16,17)/t5-,6-,7-,9-/m1/s1. The minimum Gasteiger partial charge on any atom is -0.394 e. The lowest BCUT2D eigenvalue weighted by Crippen LogP contribution is -2.36. The Balaban J connectivity index is 2.42. The maximum Gasteiger partial charge on any atom is 0.330 e. The van der Waals surface area contributed by atoms with E-state index in [0.29, 0.717) is 5.56 Å². The molecule has 1 aliphatic rings. The molecule has 1 fully saturated rings. The summed E-state index contributed by atoms with van der Waals surface area (Å²) in [6.07, 6.45) is -0.902. The molecule has 0 radical (unpaired) electrons. The average molecular weight is 368 g/mol. The van der Waals surface area contributed by atoms with Gasteiger partial charge in [0.05, 0.1) is 16.6 Å². The molecule has 4 atom stereocenters. The smallest absolute Gasteiger partial charge is 0.330 e. The Bertz CT molecular complexity index is 554. The first-order valence-corrected chi connectivity index (χ1v) is 6.60. The van der Waals surface area contributed by atoms with Crippen LogP contribution in [0.5, 0.6) is 0 Å². The van der Waals surface area contributed by atoms with E-state index in [1.165, 1.54) is 10.8 Å². The Morgan fingerprint density at radius 3 is 2.78 bits per heavy atom. The molecule has 1 saturated heterocycles. The summed E-state index contributed by atoms with van der Waals surface area (Å²) in [5.41, 5.74) is -0.662. The number of ether oxygens (including phenoxy) is 1. The summed E-state index contributed by atoms with van der Waals surface area (Å²) < 4.78 is 6.27. The Kier molecular flexibility index (Phi) is 3.90. The van der Waals surface area contributed by atoms with Gasteiger partial charge in [-0.3, -0.25) is 14.3 Å². The number of rotatable bonds is 2. The summed E-state index contributed by atoms with van der Waals surface area (Å²) in [5, 5.41) is 18.9. The first-order valence-electron chi connectivity index (χ1n) is 5.36. The lowest BCUT2D eigenvalue weighted by atomic mass is 10.2. The second-order valence-corrected chi connectivity index (χ2v) is 5.60. The highest BCUT2D eigenvalue weighted by Crippen LogP contribution is 2.33. The summed E-state index contributed by atoms with van der Waals surface area (Å²) in [5.74, 6) is 0. The molecule has 7 nitrogen and oxygen atoms in total. The Labute approximate surface area is 116 Å². The van der Waals surface area contributed by atoms with Crippen molar-refractivity contribution >= 4 is 22.6 Å². The van der Waals surface area contributed by atoms with Gasteiger partial charge in [0.25, 0.3) is 5.56 Å². The summed E-state index contributed by atoms with van der Waals surface area (Å²) in [6, 6.07) is 0. The van der Waals surface area contributed by atoms with Crippen LogP contribution in [0.4, 0.5) is 0 Å². The summed E-state index contributed by atoms with van der Waals surface area (Å²) in [4.78, 5) is 25.2. The van der Waals surface area contributed by atoms with E-state index in [9.17, 15) is 14.7 Å². The van der Waals surface area contributed by atoms with Crippen molar-refractivity contribution in [3.63, 3.8) is 0 Å². The van der Waals surface area contributed by atoms with Gasteiger partial charge < -0.3 is 14.9 Å². The van der Waals surface area contributed by atoms with Crippen molar-refractivity contribution in [3.8, 4) is 0 Å². The number of nitrogens with zero attached hydrogens (tertiary/aromatic N) is 1. The van der Waals surface area contributed by atoms with Crippen molar-refractivity contribution in [1.29, 1.82) is 0 Å². The number of aliphatic hydroxyl groups is 2. The quantitative estimate of drug-likeness (QED) is 0.454. The zero-order chi connectivity index (χ0) is 13.4.